The number of fused-ring (bicyclic) bond motifs is 1. The summed E-state index contributed by atoms with van der Waals surface area (Å²) in [5.41, 5.74) is 1.94. The molecule has 1 aromatic heterocycles. The van der Waals surface area contributed by atoms with Crippen molar-refractivity contribution in [2.75, 3.05) is 26.3 Å². The number of ether oxygens (including phenoxy) is 1. The third-order valence-corrected chi connectivity index (χ3v) is 7.72. The molecular formula is C29H33FN2O2. The average molecular weight is 461 g/mol. The maximum Gasteiger partial charge on any atom is 0.229 e. The molecule has 0 spiro atoms. The van der Waals surface area contributed by atoms with Crippen LogP contribution in [0.3, 0.4) is 0 Å². The molecule has 178 valence electrons. The van der Waals surface area contributed by atoms with E-state index in [1.807, 2.05) is 24.5 Å². The lowest BCUT2D eigenvalue weighted by molar-refractivity contribution is -0.148. The molecule has 4 nitrogen and oxygen atoms in total. The Labute approximate surface area is 201 Å². The van der Waals surface area contributed by atoms with E-state index in [-0.39, 0.29) is 11.7 Å². The number of halogens is 1. The molecule has 2 fully saturated rings. The molecule has 0 unspecified atom stereocenters. The fourth-order valence-electron chi connectivity index (χ4n) is 5.72. The third-order valence-electron chi connectivity index (χ3n) is 7.72. The van der Waals surface area contributed by atoms with Crippen molar-refractivity contribution in [1.29, 1.82) is 0 Å². The lowest BCUT2D eigenvalue weighted by Crippen LogP contribution is -2.48. The van der Waals surface area contributed by atoms with Gasteiger partial charge in [0.05, 0.1) is 5.41 Å². The molecule has 0 bridgehead atoms. The second-order valence-corrected chi connectivity index (χ2v) is 10.0. The van der Waals surface area contributed by atoms with E-state index in [9.17, 15) is 9.18 Å². The minimum atomic E-state index is -0.442. The van der Waals surface area contributed by atoms with E-state index in [4.69, 9.17) is 4.74 Å². The normalized spacial score (nSPS) is 20.7. The highest BCUT2D eigenvalue weighted by Gasteiger charge is 2.42. The lowest BCUT2D eigenvalue weighted by atomic mass is 9.74. The van der Waals surface area contributed by atoms with Crippen LogP contribution in [0.2, 0.25) is 0 Å². The van der Waals surface area contributed by atoms with Gasteiger partial charge in [-0.15, -0.1) is 0 Å². The van der Waals surface area contributed by atoms with Gasteiger partial charge >= 0.3 is 0 Å². The summed E-state index contributed by atoms with van der Waals surface area (Å²) in [5, 5.41) is 2.41. The number of pyridine rings is 1. The Hall–Kier alpha value is -2.79. The van der Waals surface area contributed by atoms with Crippen molar-refractivity contribution in [3.05, 3.63) is 77.9 Å². The summed E-state index contributed by atoms with van der Waals surface area (Å²) in [5.74, 6) is 0.608. The monoisotopic (exact) mass is 460 g/mol. The van der Waals surface area contributed by atoms with Crippen LogP contribution in [0.1, 0.15) is 43.2 Å². The molecule has 2 saturated heterocycles. The van der Waals surface area contributed by atoms with Crippen molar-refractivity contribution in [2.24, 2.45) is 11.3 Å². The van der Waals surface area contributed by atoms with Crippen molar-refractivity contribution in [3.63, 3.8) is 0 Å². The molecule has 0 saturated carbocycles. The summed E-state index contributed by atoms with van der Waals surface area (Å²) >= 11 is 0. The van der Waals surface area contributed by atoms with Crippen molar-refractivity contribution in [3.8, 4) is 0 Å². The molecule has 5 rings (SSSR count). The Morgan fingerprint density at radius 2 is 1.79 bits per heavy atom. The van der Waals surface area contributed by atoms with Crippen LogP contribution in [0.5, 0.6) is 0 Å². The zero-order chi connectivity index (χ0) is 23.4. The van der Waals surface area contributed by atoms with Crippen LogP contribution in [-0.2, 0) is 22.4 Å². The molecule has 2 aliphatic rings. The van der Waals surface area contributed by atoms with Gasteiger partial charge in [0.25, 0.3) is 0 Å². The zero-order valence-electron chi connectivity index (χ0n) is 19.7. The molecule has 1 atom stereocenters. The van der Waals surface area contributed by atoms with Crippen LogP contribution < -0.4 is 0 Å². The van der Waals surface area contributed by atoms with Crippen LogP contribution in [-0.4, -0.2) is 42.1 Å². The van der Waals surface area contributed by atoms with E-state index >= 15 is 0 Å². The first-order valence-corrected chi connectivity index (χ1v) is 12.6. The Balaban J connectivity index is 1.26. The predicted octanol–water partition coefficient (Wildman–Crippen LogP) is 5.58. The summed E-state index contributed by atoms with van der Waals surface area (Å²) in [6.45, 7) is 2.86. The van der Waals surface area contributed by atoms with Crippen LogP contribution in [0.4, 0.5) is 4.39 Å². The molecule has 0 N–H and O–H groups in total. The number of hydrogen-bond donors (Lipinski definition) is 0. The van der Waals surface area contributed by atoms with E-state index in [1.54, 1.807) is 0 Å². The third kappa shape index (κ3) is 5.15. The van der Waals surface area contributed by atoms with Gasteiger partial charge in [-0.25, -0.2) is 4.39 Å². The number of amides is 1. The molecule has 0 radical (unpaired) electrons. The maximum absolute atomic E-state index is 13.9. The highest BCUT2D eigenvalue weighted by atomic mass is 19.1. The molecular weight excluding hydrogens is 427 g/mol. The van der Waals surface area contributed by atoms with Crippen molar-refractivity contribution in [1.82, 2.24) is 9.88 Å². The van der Waals surface area contributed by atoms with Crippen molar-refractivity contribution in [2.45, 2.75) is 44.9 Å². The standard InChI is InChI=1S/C29H33FN2O2/c30-27-7-4-23(5-8-27)20-29(11-16-34-17-12-29)28(33)32-14-1-2-22(10-15-32)18-24-3-6-26-21-31-13-9-25(26)19-24/h3-9,13,19,21-22H,1-2,10-12,14-18,20H2/t22-/m0/s1. The van der Waals surface area contributed by atoms with Crippen LogP contribution in [0.15, 0.2) is 60.9 Å². The topological polar surface area (TPSA) is 42.4 Å². The molecule has 3 heterocycles. The van der Waals surface area contributed by atoms with Crippen LogP contribution in [0.25, 0.3) is 10.8 Å². The number of benzene rings is 2. The summed E-state index contributed by atoms with van der Waals surface area (Å²) in [6.07, 6.45) is 10.1. The first-order chi connectivity index (χ1) is 16.6. The minimum Gasteiger partial charge on any atom is -0.381 e. The predicted molar refractivity (Wildman–Crippen MR) is 132 cm³/mol. The van der Waals surface area contributed by atoms with Gasteiger partial charge in [-0.1, -0.05) is 30.3 Å². The van der Waals surface area contributed by atoms with E-state index in [0.717, 1.165) is 57.2 Å². The second-order valence-electron chi connectivity index (χ2n) is 10.0. The van der Waals surface area contributed by atoms with Crippen LogP contribution in [0, 0.1) is 17.2 Å². The largest absolute Gasteiger partial charge is 0.381 e. The zero-order valence-corrected chi connectivity index (χ0v) is 19.7. The highest BCUT2D eigenvalue weighted by molar-refractivity contribution is 5.83. The first kappa shape index (κ1) is 23.0. The number of carbonyl (C=O) groups is 1. The molecule has 2 aliphatic heterocycles. The van der Waals surface area contributed by atoms with Gasteiger partial charge in [0, 0.05) is 44.1 Å². The summed E-state index contributed by atoms with van der Waals surface area (Å²) in [4.78, 5) is 20.2. The quantitative estimate of drug-likeness (QED) is 0.499. The smallest absolute Gasteiger partial charge is 0.229 e. The van der Waals surface area contributed by atoms with Gasteiger partial charge in [-0.05, 0) is 85.6 Å². The van der Waals surface area contributed by atoms with Gasteiger partial charge in [-0.3, -0.25) is 9.78 Å². The van der Waals surface area contributed by atoms with Gasteiger partial charge in [0.1, 0.15) is 5.82 Å². The van der Waals surface area contributed by atoms with Crippen molar-refractivity contribution < 1.29 is 13.9 Å². The Kier molecular flexibility index (Phi) is 6.91. The summed E-state index contributed by atoms with van der Waals surface area (Å²) < 4.78 is 19.1. The molecule has 0 aliphatic carbocycles. The van der Waals surface area contributed by atoms with Gasteiger partial charge in [0.15, 0.2) is 0 Å². The SMILES string of the molecule is O=C(N1CCC[C@H](Cc2ccc3cnccc3c2)CC1)C1(Cc2ccc(F)cc2)CCOCC1. The lowest BCUT2D eigenvalue weighted by Gasteiger charge is -2.40. The Bertz CT molecular complexity index is 1120. The van der Waals surface area contributed by atoms with E-state index < -0.39 is 5.41 Å². The number of likely N-dealkylation sites (tertiary alicyclic amines) is 1. The summed E-state index contributed by atoms with van der Waals surface area (Å²) in [7, 11) is 0. The van der Waals surface area contributed by atoms with E-state index in [0.29, 0.717) is 25.6 Å². The number of rotatable bonds is 5. The highest BCUT2D eigenvalue weighted by Crippen LogP contribution is 2.37. The molecule has 2 aromatic carbocycles. The number of hydrogen-bond acceptors (Lipinski definition) is 3. The Morgan fingerprint density at radius 1 is 1.00 bits per heavy atom. The number of carbonyl (C=O) groups excluding carboxylic acids is 1. The number of aromatic nitrogens is 1. The molecule has 34 heavy (non-hydrogen) atoms. The fraction of sp³-hybridized carbons (Fsp3) is 0.448. The Morgan fingerprint density at radius 3 is 2.62 bits per heavy atom. The molecule has 5 heteroatoms. The second kappa shape index (κ2) is 10.2. The summed E-state index contributed by atoms with van der Waals surface area (Å²) in [6, 6.07) is 15.4. The van der Waals surface area contributed by atoms with Crippen molar-refractivity contribution >= 4 is 16.7 Å². The van der Waals surface area contributed by atoms with Crippen LogP contribution >= 0.6 is 0 Å². The van der Waals surface area contributed by atoms with Gasteiger partial charge in [-0.2, -0.15) is 0 Å². The van der Waals surface area contributed by atoms with E-state index in [2.05, 4.69) is 34.1 Å². The first-order valence-electron chi connectivity index (χ1n) is 12.6. The minimum absolute atomic E-state index is 0.238. The van der Waals surface area contributed by atoms with Gasteiger partial charge in [0.2, 0.25) is 5.91 Å². The fourth-order valence-corrected chi connectivity index (χ4v) is 5.72. The molecule has 1 amide bonds. The maximum atomic E-state index is 13.9. The number of nitrogens with zero attached hydrogens (tertiary/aromatic N) is 2. The van der Waals surface area contributed by atoms with Gasteiger partial charge < -0.3 is 9.64 Å². The van der Waals surface area contributed by atoms with E-state index in [1.165, 1.54) is 28.5 Å². The average Bonchev–Trinajstić information content (AvgIpc) is 3.11. The molecule has 3 aromatic rings.